The molecule has 0 bridgehead atoms. The van der Waals surface area contributed by atoms with Crippen LogP contribution in [0.5, 0.6) is 11.5 Å². The van der Waals surface area contributed by atoms with Crippen LogP contribution in [-0.4, -0.2) is 45.3 Å². The summed E-state index contributed by atoms with van der Waals surface area (Å²) < 4.78 is 35.3. The second-order valence-electron chi connectivity index (χ2n) is 6.81. The molecule has 5 nitrogen and oxygen atoms in total. The van der Waals surface area contributed by atoms with Gasteiger partial charge >= 0.3 is 0 Å². The van der Waals surface area contributed by atoms with Crippen LogP contribution in [0.25, 0.3) is 11.1 Å². The van der Waals surface area contributed by atoms with E-state index in [-0.39, 0.29) is 12.2 Å². The quantitative estimate of drug-likeness (QED) is 0.585. The van der Waals surface area contributed by atoms with E-state index >= 15 is 0 Å². The van der Waals surface area contributed by atoms with Crippen molar-refractivity contribution in [1.82, 2.24) is 0 Å². The highest BCUT2D eigenvalue weighted by molar-refractivity contribution is 7.79. The van der Waals surface area contributed by atoms with Crippen molar-refractivity contribution >= 4 is 17.8 Å². The molecule has 0 spiro atoms. The van der Waals surface area contributed by atoms with Gasteiger partial charge in [0, 0.05) is 10.6 Å². The summed E-state index contributed by atoms with van der Waals surface area (Å²) in [5, 5.41) is 1.78. The number of epoxide rings is 2. The average Bonchev–Trinajstić information content (AvgIpc) is 3.52. The normalized spacial score (nSPS) is 28.2. The Hall–Kier alpha value is -1.81. The fourth-order valence-corrected chi connectivity index (χ4v) is 5.49. The third-order valence-corrected chi connectivity index (χ3v) is 7.44. The maximum atomic E-state index is 13.3. The van der Waals surface area contributed by atoms with Crippen LogP contribution in [-0.2, 0) is 14.0 Å². The fourth-order valence-electron chi connectivity index (χ4n) is 3.22. The summed E-state index contributed by atoms with van der Waals surface area (Å²) in [6.07, 6.45) is 0.421. The zero-order chi connectivity index (χ0) is 17.0. The predicted molar refractivity (Wildman–Crippen MR) is 95.1 cm³/mol. The maximum Gasteiger partial charge on any atom is 0.141 e. The van der Waals surface area contributed by atoms with Gasteiger partial charge in [-0.05, 0) is 54.2 Å². The Morgan fingerprint density at radius 2 is 1.36 bits per heavy atom. The molecular weight excluding hydrogens is 339 g/mol. The molecule has 2 unspecified atom stereocenters. The lowest BCUT2D eigenvalue weighted by atomic mass is 10.1. The third kappa shape index (κ3) is 2.86. The van der Waals surface area contributed by atoms with Crippen LogP contribution in [0.4, 0.5) is 0 Å². The Kier molecular flexibility index (Phi) is 3.46. The van der Waals surface area contributed by atoms with Crippen LogP contribution in [0, 0.1) is 0 Å². The Bertz CT molecular complexity index is 816. The maximum absolute atomic E-state index is 13.3. The SMILES string of the molecule is CP1(=O)c2ccc(OCC3CO3)cc2-c2cc(OCC3CO3)ccc21. The van der Waals surface area contributed by atoms with Crippen LogP contribution in [0.15, 0.2) is 36.4 Å². The minimum Gasteiger partial charge on any atom is -0.491 e. The number of fused-ring (bicyclic) bond motifs is 3. The van der Waals surface area contributed by atoms with E-state index in [9.17, 15) is 4.57 Å². The zero-order valence-corrected chi connectivity index (χ0v) is 14.8. The van der Waals surface area contributed by atoms with E-state index in [1.807, 2.05) is 43.1 Å². The van der Waals surface area contributed by atoms with Crippen molar-refractivity contribution in [2.45, 2.75) is 12.2 Å². The standard InChI is InChI=1S/C19H19O5P/c1-25(20)18-4-2-12(21-8-14-10-23-14)6-16(18)17-7-13(3-5-19(17)25)22-9-15-11-24-15/h2-7,14-15H,8-11H2,1H3. The molecule has 2 aromatic rings. The van der Waals surface area contributed by atoms with E-state index in [1.54, 1.807) is 0 Å². The van der Waals surface area contributed by atoms with E-state index in [0.717, 1.165) is 46.4 Å². The van der Waals surface area contributed by atoms with Gasteiger partial charge in [0.25, 0.3) is 0 Å². The van der Waals surface area contributed by atoms with Gasteiger partial charge in [0.2, 0.25) is 0 Å². The molecule has 0 aliphatic carbocycles. The number of hydrogen-bond donors (Lipinski definition) is 0. The number of benzene rings is 2. The Balaban J connectivity index is 1.49. The second-order valence-corrected chi connectivity index (χ2v) is 9.63. The first-order valence-electron chi connectivity index (χ1n) is 8.47. The smallest absolute Gasteiger partial charge is 0.141 e. The molecule has 0 amide bonds. The lowest BCUT2D eigenvalue weighted by Gasteiger charge is -2.09. The molecule has 5 rings (SSSR count). The van der Waals surface area contributed by atoms with Gasteiger partial charge in [-0.25, -0.2) is 0 Å². The lowest BCUT2D eigenvalue weighted by molar-refractivity contribution is 0.263. The van der Waals surface area contributed by atoms with Crippen molar-refractivity contribution in [2.24, 2.45) is 0 Å². The van der Waals surface area contributed by atoms with Gasteiger partial charge in [0.15, 0.2) is 0 Å². The van der Waals surface area contributed by atoms with Crippen molar-refractivity contribution < 1.29 is 23.5 Å². The largest absolute Gasteiger partial charge is 0.491 e. The van der Waals surface area contributed by atoms with Gasteiger partial charge in [0.1, 0.15) is 44.1 Å². The molecule has 3 aliphatic heterocycles. The summed E-state index contributed by atoms with van der Waals surface area (Å²) in [6.45, 7) is 4.47. The first-order chi connectivity index (χ1) is 12.1. The van der Waals surface area contributed by atoms with E-state index in [0.29, 0.717) is 13.2 Å². The topological polar surface area (TPSA) is 60.6 Å². The first kappa shape index (κ1) is 15.4. The second kappa shape index (κ2) is 5.60. The van der Waals surface area contributed by atoms with Crippen molar-refractivity contribution in [1.29, 1.82) is 0 Å². The van der Waals surface area contributed by atoms with Gasteiger partial charge in [-0.3, -0.25) is 0 Å². The molecule has 0 saturated carbocycles. The van der Waals surface area contributed by atoms with Crippen molar-refractivity contribution in [3.63, 3.8) is 0 Å². The van der Waals surface area contributed by atoms with Crippen LogP contribution < -0.4 is 20.1 Å². The van der Waals surface area contributed by atoms with Crippen LogP contribution in [0.2, 0.25) is 0 Å². The molecule has 25 heavy (non-hydrogen) atoms. The minimum atomic E-state index is -2.57. The number of hydrogen-bond acceptors (Lipinski definition) is 5. The number of ether oxygens (including phenoxy) is 4. The fraction of sp³-hybridized carbons (Fsp3) is 0.368. The molecule has 0 aromatic heterocycles. The van der Waals surface area contributed by atoms with Crippen molar-refractivity contribution in [2.75, 3.05) is 33.1 Å². The molecule has 3 heterocycles. The highest BCUT2D eigenvalue weighted by atomic mass is 31.2. The van der Waals surface area contributed by atoms with Gasteiger partial charge in [0.05, 0.1) is 13.2 Å². The van der Waals surface area contributed by atoms with Crippen LogP contribution >= 0.6 is 7.14 Å². The van der Waals surface area contributed by atoms with Crippen LogP contribution in [0.1, 0.15) is 0 Å². The lowest BCUT2D eigenvalue weighted by Crippen LogP contribution is -2.09. The first-order valence-corrected chi connectivity index (χ1v) is 10.6. The summed E-state index contributed by atoms with van der Waals surface area (Å²) in [7, 11) is -2.57. The molecule has 0 radical (unpaired) electrons. The Morgan fingerprint density at radius 1 is 0.920 bits per heavy atom. The van der Waals surface area contributed by atoms with Gasteiger partial charge in [-0.15, -0.1) is 0 Å². The Labute approximate surface area is 146 Å². The van der Waals surface area contributed by atoms with Crippen LogP contribution in [0.3, 0.4) is 0 Å². The minimum absolute atomic E-state index is 0.211. The van der Waals surface area contributed by atoms with Crippen molar-refractivity contribution in [3.05, 3.63) is 36.4 Å². The van der Waals surface area contributed by atoms with Crippen molar-refractivity contribution in [3.8, 4) is 22.6 Å². The van der Waals surface area contributed by atoms with E-state index in [2.05, 4.69) is 0 Å². The molecular formula is C19H19O5P. The molecule has 130 valence electrons. The van der Waals surface area contributed by atoms with E-state index in [1.165, 1.54) is 0 Å². The predicted octanol–water partition coefficient (Wildman–Crippen LogP) is 2.17. The summed E-state index contributed by atoms with van der Waals surface area (Å²) in [4.78, 5) is 0. The molecule has 2 aromatic carbocycles. The van der Waals surface area contributed by atoms with Gasteiger partial charge < -0.3 is 23.5 Å². The van der Waals surface area contributed by atoms with E-state index < -0.39 is 7.14 Å². The highest BCUT2D eigenvalue weighted by Crippen LogP contribution is 2.51. The summed E-state index contributed by atoms with van der Waals surface area (Å²) >= 11 is 0. The molecule has 2 atom stereocenters. The molecule has 0 N–H and O–H groups in total. The summed E-state index contributed by atoms with van der Waals surface area (Å²) in [5.41, 5.74) is 1.95. The van der Waals surface area contributed by atoms with Gasteiger partial charge in [-0.2, -0.15) is 0 Å². The Morgan fingerprint density at radius 3 is 1.76 bits per heavy atom. The highest BCUT2D eigenvalue weighted by Gasteiger charge is 2.35. The summed E-state index contributed by atoms with van der Waals surface area (Å²) in [6, 6.07) is 11.6. The van der Waals surface area contributed by atoms with E-state index in [4.69, 9.17) is 18.9 Å². The number of rotatable bonds is 6. The third-order valence-electron chi connectivity index (χ3n) is 4.82. The monoisotopic (exact) mass is 358 g/mol. The molecule has 2 fully saturated rings. The zero-order valence-electron chi connectivity index (χ0n) is 13.9. The average molecular weight is 358 g/mol. The molecule has 2 saturated heterocycles. The molecule has 6 heteroatoms. The van der Waals surface area contributed by atoms with Gasteiger partial charge in [-0.1, -0.05) is 0 Å². The molecule has 3 aliphatic rings. The summed E-state index contributed by atoms with van der Waals surface area (Å²) in [5.74, 6) is 1.56.